The van der Waals surface area contributed by atoms with Crippen molar-refractivity contribution in [1.82, 2.24) is 0 Å². The number of carboxylic acid groups (broad SMARTS) is 1. The summed E-state index contributed by atoms with van der Waals surface area (Å²) < 4.78 is 0. The van der Waals surface area contributed by atoms with Crippen molar-refractivity contribution in [2.24, 2.45) is 0 Å². The summed E-state index contributed by atoms with van der Waals surface area (Å²) in [7, 11) is 3.26. The van der Waals surface area contributed by atoms with Crippen molar-refractivity contribution in [2.75, 3.05) is 19.0 Å². The maximum Gasteiger partial charge on any atom is 0.341 e. The molecule has 0 spiro atoms. The zero-order chi connectivity index (χ0) is 16.4. The number of hydrogen-bond donors (Lipinski definition) is 3. The minimum absolute atomic E-state index is 0.00765. The molecule has 0 fully saturated rings. The largest absolute Gasteiger partial charge is 0.507 e. The van der Waals surface area contributed by atoms with Crippen molar-refractivity contribution >= 4 is 17.4 Å². The molecule has 0 aliphatic heterocycles. The van der Waals surface area contributed by atoms with Gasteiger partial charge in [-0.1, -0.05) is 12.1 Å². The first-order chi connectivity index (χ1) is 10.3. The summed E-state index contributed by atoms with van der Waals surface area (Å²) in [5.74, 6) is -2.84. The fourth-order valence-corrected chi connectivity index (χ4v) is 2.16. The maximum atomic E-state index is 12.4. The number of carbonyl (C=O) groups is 2. The van der Waals surface area contributed by atoms with Gasteiger partial charge in [-0.15, -0.1) is 0 Å². The lowest BCUT2D eigenvalue weighted by Gasteiger charge is -2.18. The quantitative estimate of drug-likeness (QED) is 0.748. The summed E-state index contributed by atoms with van der Waals surface area (Å²) in [5, 5.41) is 29.2. The number of hydrogen-bond acceptors (Lipinski definition) is 5. The average molecular weight is 301 g/mol. The van der Waals surface area contributed by atoms with Crippen molar-refractivity contribution in [1.29, 1.82) is 0 Å². The topological polar surface area (TPSA) is 98.1 Å². The minimum Gasteiger partial charge on any atom is -0.507 e. The molecule has 0 aliphatic carbocycles. The second-order valence-corrected chi connectivity index (χ2v) is 4.90. The van der Waals surface area contributed by atoms with Crippen LogP contribution < -0.4 is 4.90 Å². The van der Waals surface area contributed by atoms with Crippen LogP contribution >= 0.6 is 0 Å². The van der Waals surface area contributed by atoms with Crippen molar-refractivity contribution in [2.45, 2.75) is 0 Å². The normalized spacial score (nSPS) is 10.3. The Balaban J connectivity index is 2.63. The highest BCUT2D eigenvalue weighted by Gasteiger charge is 2.24. The predicted octanol–water partition coefficient (Wildman–Crippen LogP) is 2.09. The molecule has 0 saturated carbocycles. The van der Waals surface area contributed by atoms with E-state index >= 15 is 0 Å². The summed E-state index contributed by atoms with van der Waals surface area (Å²) in [6, 6.07) is 8.65. The van der Waals surface area contributed by atoms with Crippen LogP contribution in [0.2, 0.25) is 0 Å². The molecule has 6 heteroatoms. The Bertz CT molecular complexity index is 752. The number of aromatic carboxylic acids is 1. The first kappa shape index (κ1) is 15.4. The maximum absolute atomic E-state index is 12.4. The molecule has 22 heavy (non-hydrogen) atoms. The number of rotatable bonds is 4. The molecule has 6 nitrogen and oxygen atoms in total. The van der Waals surface area contributed by atoms with Crippen LogP contribution in [0, 0.1) is 0 Å². The molecule has 0 amide bonds. The number of benzene rings is 2. The number of para-hydroxylation sites is 1. The van der Waals surface area contributed by atoms with Crippen LogP contribution in [0.4, 0.5) is 5.69 Å². The Hall–Kier alpha value is -3.02. The molecule has 0 saturated heterocycles. The van der Waals surface area contributed by atoms with Crippen molar-refractivity contribution in [3.05, 3.63) is 53.1 Å². The predicted molar refractivity (Wildman–Crippen MR) is 80.9 cm³/mol. The number of carboxylic acids is 1. The van der Waals surface area contributed by atoms with Crippen LogP contribution in [-0.4, -0.2) is 41.2 Å². The van der Waals surface area contributed by atoms with E-state index in [1.54, 1.807) is 26.2 Å². The molecule has 0 atom stereocenters. The van der Waals surface area contributed by atoms with E-state index in [4.69, 9.17) is 0 Å². The molecule has 0 radical (unpaired) electrons. The third kappa shape index (κ3) is 2.58. The summed E-state index contributed by atoms with van der Waals surface area (Å²) >= 11 is 0. The van der Waals surface area contributed by atoms with Crippen molar-refractivity contribution in [3.8, 4) is 11.5 Å². The Morgan fingerprint density at radius 3 is 2.14 bits per heavy atom. The third-order valence-electron chi connectivity index (χ3n) is 3.24. The van der Waals surface area contributed by atoms with Crippen LogP contribution in [0.25, 0.3) is 0 Å². The third-order valence-corrected chi connectivity index (χ3v) is 3.24. The smallest absolute Gasteiger partial charge is 0.341 e. The van der Waals surface area contributed by atoms with Gasteiger partial charge in [-0.3, -0.25) is 4.79 Å². The molecule has 0 aromatic heterocycles. The van der Waals surface area contributed by atoms with E-state index in [2.05, 4.69) is 0 Å². The Kier molecular flexibility index (Phi) is 4.03. The summed E-state index contributed by atoms with van der Waals surface area (Å²) in [5.41, 5.74) is -0.263. The average Bonchev–Trinajstić information content (AvgIpc) is 2.46. The molecule has 0 aliphatic rings. The van der Waals surface area contributed by atoms with Gasteiger partial charge in [0.15, 0.2) is 5.78 Å². The number of aromatic hydroxyl groups is 2. The Labute approximate surface area is 126 Å². The van der Waals surface area contributed by atoms with Gasteiger partial charge in [0, 0.05) is 14.1 Å². The Morgan fingerprint density at radius 2 is 1.59 bits per heavy atom. The molecule has 0 heterocycles. The minimum atomic E-state index is -1.34. The number of anilines is 1. The van der Waals surface area contributed by atoms with E-state index < -0.39 is 17.5 Å². The highest BCUT2D eigenvalue weighted by atomic mass is 16.4. The van der Waals surface area contributed by atoms with E-state index in [0.717, 1.165) is 0 Å². The molecule has 2 rings (SSSR count). The zero-order valence-electron chi connectivity index (χ0n) is 12.1. The Morgan fingerprint density at radius 1 is 0.955 bits per heavy atom. The van der Waals surface area contributed by atoms with Crippen molar-refractivity contribution < 1.29 is 24.9 Å². The van der Waals surface area contributed by atoms with Gasteiger partial charge < -0.3 is 20.2 Å². The molecule has 0 unspecified atom stereocenters. The fraction of sp³-hybridized carbons (Fsp3) is 0.125. The second-order valence-electron chi connectivity index (χ2n) is 4.90. The molecule has 2 aromatic rings. The summed E-state index contributed by atoms with van der Waals surface area (Å²) in [4.78, 5) is 25.3. The van der Waals surface area contributed by atoms with Gasteiger partial charge in [-0.05, 0) is 24.3 Å². The lowest BCUT2D eigenvalue weighted by molar-refractivity contribution is 0.0694. The summed E-state index contributed by atoms with van der Waals surface area (Å²) in [6.45, 7) is 0. The SMILES string of the molecule is CN(C)c1ccc(C(=O)c2ccccc2O)c(O)c1C(=O)O. The first-order valence-corrected chi connectivity index (χ1v) is 6.44. The van der Waals surface area contributed by atoms with Gasteiger partial charge >= 0.3 is 5.97 Å². The molecule has 0 bridgehead atoms. The molecular formula is C16H15NO5. The monoisotopic (exact) mass is 301 g/mol. The number of carbonyl (C=O) groups excluding carboxylic acids is 1. The van der Waals surface area contributed by atoms with Gasteiger partial charge in [0.25, 0.3) is 0 Å². The standard InChI is InChI=1S/C16H15NO5/c1-17(2)11-8-7-10(15(20)13(11)16(21)22)14(19)9-5-3-4-6-12(9)18/h3-8,18,20H,1-2H3,(H,21,22). The number of phenolic OH excluding ortho intramolecular Hbond substituents is 1. The zero-order valence-corrected chi connectivity index (χ0v) is 12.1. The highest BCUT2D eigenvalue weighted by molar-refractivity contribution is 6.14. The van der Waals surface area contributed by atoms with E-state index in [1.165, 1.54) is 29.2 Å². The number of ketones is 1. The lowest BCUT2D eigenvalue weighted by atomic mass is 9.98. The van der Waals surface area contributed by atoms with Crippen molar-refractivity contribution in [3.63, 3.8) is 0 Å². The van der Waals surface area contributed by atoms with Gasteiger partial charge in [0.05, 0.1) is 16.8 Å². The van der Waals surface area contributed by atoms with Crippen LogP contribution in [0.5, 0.6) is 11.5 Å². The lowest BCUT2D eigenvalue weighted by Crippen LogP contribution is -2.15. The summed E-state index contributed by atoms with van der Waals surface area (Å²) in [6.07, 6.45) is 0. The van der Waals surface area contributed by atoms with E-state index in [1.807, 2.05) is 0 Å². The molecule has 2 aromatic carbocycles. The van der Waals surface area contributed by atoms with Crippen LogP contribution in [-0.2, 0) is 0 Å². The highest BCUT2D eigenvalue weighted by Crippen LogP contribution is 2.33. The first-order valence-electron chi connectivity index (χ1n) is 6.44. The van der Waals surface area contributed by atoms with Crippen LogP contribution in [0.1, 0.15) is 26.3 Å². The van der Waals surface area contributed by atoms with Crippen LogP contribution in [0.3, 0.4) is 0 Å². The van der Waals surface area contributed by atoms with Gasteiger partial charge in [0.1, 0.15) is 17.1 Å². The molecule has 3 N–H and O–H groups in total. The fourth-order valence-electron chi connectivity index (χ4n) is 2.16. The van der Waals surface area contributed by atoms with Gasteiger partial charge in [-0.2, -0.15) is 0 Å². The van der Waals surface area contributed by atoms with Gasteiger partial charge in [-0.25, -0.2) is 4.79 Å². The molecule has 114 valence electrons. The van der Waals surface area contributed by atoms with E-state index in [0.29, 0.717) is 0 Å². The second kappa shape index (κ2) is 5.77. The van der Waals surface area contributed by atoms with Gasteiger partial charge in [0.2, 0.25) is 0 Å². The van der Waals surface area contributed by atoms with E-state index in [-0.39, 0.29) is 28.1 Å². The number of phenols is 2. The van der Waals surface area contributed by atoms with Crippen LogP contribution in [0.15, 0.2) is 36.4 Å². The van der Waals surface area contributed by atoms with E-state index in [9.17, 15) is 24.9 Å². The molecular weight excluding hydrogens is 286 g/mol. The number of nitrogens with zero attached hydrogens (tertiary/aromatic N) is 1.